The molecule has 1 aliphatic rings. The second-order valence-corrected chi connectivity index (χ2v) is 5.00. The van der Waals surface area contributed by atoms with Crippen molar-refractivity contribution < 1.29 is 14.1 Å². The number of likely N-dealkylation sites (tertiary alicyclic amines) is 1. The fraction of sp³-hybridized carbons (Fsp3) is 0.429. The van der Waals surface area contributed by atoms with E-state index in [-0.39, 0.29) is 12.0 Å². The molecule has 1 aliphatic heterocycles. The molecule has 0 unspecified atom stereocenters. The van der Waals surface area contributed by atoms with Crippen LogP contribution in [0.15, 0.2) is 29.2 Å². The highest BCUT2D eigenvalue weighted by atomic mass is 16.5. The van der Waals surface area contributed by atoms with Crippen molar-refractivity contribution in [2.75, 3.05) is 13.1 Å². The summed E-state index contributed by atoms with van der Waals surface area (Å²) < 4.78 is 10.7. The van der Waals surface area contributed by atoms with E-state index in [0.29, 0.717) is 30.4 Å². The molecule has 2 aromatic heterocycles. The van der Waals surface area contributed by atoms with E-state index in [1.54, 1.807) is 30.2 Å². The Bertz CT molecular complexity index is 614. The third-order valence-corrected chi connectivity index (χ3v) is 3.35. The van der Waals surface area contributed by atoms with Gasteiger partial charge in [-0.3, -0.25) is 4.79 Å². The van der Waals surface area contributed by atoms with Gasteiger partial charge in [0.25, 0.3) is 5.91 Å². The van der Waals surface area contributed by atoms with Gasteiger partial charge in [0.15, 0.2) is 5.69 Å². The molecule has 3 heterocycles. The Labute approximate surface area is 121 Å². The van der Waals surface area contributed by atoms with Gasteiger partial charge in [0, 0.05) is 24.9 Å². The highest BCUT2D eigenvalue weighted by molar-refractivity contribution is 5.92. The minimum absolute atomic E-state index is 0.0643. The number of hydrogen-bond acceptors (Lipinski definition) is 6. The summed E-state index contributed by atoms with van der Waals surface area (Å²) >= 11 is 0. The summed E-state index contributed by atoms with van der Waals surface area (Å²) in [5, 5.41) is 3.77. The highest BCUT2D eigenvalue weighted by Gasteiger charge is 2.27. The quantitative estimate of drug-likeness (QED) is 0.850. The van der Waals surface area contributed by atoms with Crippen LogP contribution < -0.4 is 4.74 Å². The van der Waals surface area contributed by atoms with E-state index in [9.17, 15) is 4.79 Å². The summed E-state index contributed by atoms with van der Waals surface area (Å²) in [5.74, 6) is 1.04. The van der Waals surface area contributed by atoms with Crippen LogP contribution in [-0.2, 0) is 0 Å². The molecule has 0 N–H and O–H groups in total. The third-order valence-electron chi connectivity index (χ3n) is 3.35. The largest absolute Gasteiger partial charge is 0.472 e. The maximum atomic E-state index is 12.3. The van der Waals surface area contributed by atoms with Crippen LogP contribution in [0.1, 0.15) is 29.1 Å². The number of aromatic nitrogens is 3. The summed E-state index contributed by atoms with van der Waals surface area (Å²) in [5.41, 5.74) is 0.343. The van der Waals surface area contributed by atoms with Gasteiger partial charge < -0.3 is 14.2 Å². The molecule has 0 radical (unpaired) electrons. The fourth-order valence-corrected chi connectivity index (χ4v) is 2.37. The van der Waals surface area contributed by atoms with Gasteiger partial charge in [0.1, 0.15) is 18.2 Å². The SMILES string of the molecule is Cc1cc(C(=O)N2CCC[C@H](Oc3ccncn3)C2)no1. The van der Waals surface area contributed by atoms with E-state index in [1.165, 1.54) is 6.33 Å². The van der Waals surface area contributed by atoms with Gasteiger partial charge in [-0.1, -0.05) is 5.16 Å². The van der Waals surface area contributed by atoms with Crippen molar-refractivity contribution in [3.8, 4) is 5.88 Å². The molecule has 0 aromatic carbocycles. The van der Waals surface area contributed by atoms with Gasteiger partial charge >= 0.3 is 0 Å². The summed E-state index contributed by atoms with van der Waals surface area (Å²) in [6, 6.07) is 3.36. The third kappa shape index (κ3) is 3.18. The van der Waals surface area contributed by atoms with Crippen LogP contribution in [0.25, 0.3) is 0 Å². The van der Waals surface area contributed by atoms with Crippen LogP contribution >= 0.6 is 0 Å². The molecular weight excluding hydrogens is 272 g/mol. The zero-order chi connectivity index (χ0) is 14.7. The van der Waals surface area contributed by atoms with Gasteiger partial charge in [0.05, 0.1) is 6.54 Å². The van der Waals surface area contributed by atoms with E-state index < -0.39 is 0 Å². The molecule has 0 aliphatic carbocycles. The van der Waals surface area contributed by atoms with Gasteiger partial charge in [-0.15, -0.1) is 0 Å². The van der Waals surface area contributed by atoms with E-state index in [2.05, 4.69) is 15.1 Å². The van der Waals surface area contributed by atoms with Gasteiger partial charge in [-0.2, -0.15) is 0 Å². The van der Waals surface area contributed by atoms with Crippen LogP contribution in [-0.4, -0.2) is 45.1 Å². The van der Waals surface area contributed by atoms with Crippen LogP contribution in [0.4, 0.5) is 0 Å². The molecule has 0 bridgehead atoms. The lowest BCUT2D eigenvalue weighted by atomic mass is 10.1. The normalized spacial score (nSPS) is 18.5. The maximum absolute atomic E-state index is 12.3. The monoisotopic (exact) mass is 288 g/mol. The van der Waals surface area contributed by atoms with Gasteiger partial charge in [-0.05, 0) is 19.8 Å². The fourth-order valence-electron chi connectivity index (χ4n) is 2.37. The lowest BCUT2D eigenvalue weighted by Crippen LogP contribution is -2.44. The maximum Gasteiger partial charge on any atom is 0.276 e. The first-order valence-corrected chi connectivity index (χ1v) is 6.87. The van der Waals surface area contributed by atoms with Gasteiger partial charge in [-0.25, -0.2) is 9.97 Å². The molecule has 1 fully saturated rings. The van der Waals surface area contributed by atoms with Crippen LogP contribution in [0.3, 0.4) is 0 Å². The molecule has 7 nitrogen and oxygen atoms in total. The van der Waals surface area contributed by atoms with Crippen LogP contribution in [0.5, 0.6) is 5.88 Å². The Morgan fingerprint density at radius 2 is 2.43 bits per heavy atom. The number of rotatable bonds is 3. The Morgan fingerprint density at radius 3 is 3.14 bits per heavy atom. The van der Waals surface area contributed by atoms with Crippen molar-refractivity contribution in [2.45, 2.75) is 25.9 Å². The number of carbonyl (C=O) groups excluding carboxylic acids is 1. The number of nitrogens with zero attached hydrogens (tertiary/aromatic N) is 4. The molecule has 3 rings (SSSR count). The Morgan fingerprint density at radius 1 is 1.52 bits per heavy atom. The van der Waals surface area contributed by atoms with E-state index >= 15 is 0 Å². The van der Waals surface area contributed by atoms with Crippen LogP contribution in [0, 0.1) is 6.92 Å². The minimum Gasteiger partial charge on any atom is -0.472 e. The summed E-state index contributed by atoms with van der Waals surface area (Å²) in [4.78, 5) is 22.0. The number of amides is 1. The molecule has 1 atom stereocenters. The molecule has 0 spiro atoms. The Kier molecular flexibility index (Phi) is 3.81. The lowest BCUT2D eigenvalue weighted by Gasteiger charge is -2.32. The van der Waals surface area contributed by atoms with Crippen molar-refractivity contribution in [1.29, 1.82) is 0 Å². The minimum atomic E-state index is -0.122. The average Bonchev–Trinajstić information content (AvgIpc) is 2.94. The predicted octanol–water partition coefficient (Wildman–Crippen LogP) is 1.46. The highest BCUT2D eigenvalue weighted by Crippen LogP contribution is 2.18. The van der Waals surface area contributed by atoms with Crippen molar-refractivity contribution >= 4 is 5.91 Å². The summed E-state index contributed by atoms with van der Waals surface area (Å²) in [6.07, 6.45) is 4.79. The second-order valence-electron chi connectivity index (χ2n) is 5.00. The molecule has 110 valence electrons. The lowest BCUT2D eigenvalue weighted by molar-refractivity contribution is 0.0518. The van der Waals surface area contributed by atoms with E-state index in [1.807, 2.05) is 0 Å². The molecule has 2 aromatic rings. The smallest absolute Gasteiger partial charge is 0.276 e. The van der Waals surface area contributed by atoms with E-state index in [0.717, 1.165) is 12.8 Å². The number of aryl methyl sites for hydroxylation is 1. The molecule has 0 saturated carbocycles. The molecule has 1 amide bonds. The summed E-state index contributed by atoms with van der Waals surface area (Å²) in [7, 11) is 0. The van der Waals surface area contributed by atoms with Crippen molar-refractivity contribution in [2.24, 2.45) is 0 Å². The number of piperidine rings is 1. The van der Waals surface area contributed by atoms with Crippen molar-refractivity contribution in [3.05, 3.63) is 36.1 Å². The first-order chi connectivity index (χ1) is 10.2. The number of ether oxygens (including phenoxy) is 1. The molecule has 1 saturated heterocycles. The Balaban J connectivity index is 1.64. The number of hydrogen-bond donors (Lipinski definition) is 0. The molecular formula is C14H16N4O3. The van der Waals surface area contributed by atoms with Gasteiger partial charge in [0.2, 0.25) is 5.88 Å². The number of carbonyl (C=O) groups is 1. The summed E-state index contributed by atoms with van der Waals surface area (Å²) in [6.45, 7) is 2.99. The molecule has 21 heavy (non-hydrogen) atoms. The predicted molar refractivity (Wildman–Crippen MR) is 72.8 cm³/mol. The van der Waals surface area contributed by atoms with Crippen LogP contribution in [0.2, 0.25) is 0 Å². The first-order valence-electron chi connectivity index (χ1n) is 6.87. The van der Waals surface area contributed by atoms with Crippen molar-refractivity contribution in [1.82, 2.24) is 20.0 Å². The Hall–Kier alpha value is -2.44. The topological polar surface area (TPSA) is 81.4 Å². The van der Waals surface area contributed by atoms with Crippen molar-refractivity contribution in [3.63, 3.8) is 0 Å². The second kappa shape index (κ2) is 5.90. The van der Waals surface area contributed by atoms with E-state index in [4.69, 9.17) is 9.26 Å². The zero-order valence-corrected chi connectivity index (χ0v) is 11.7. The molecule has 7 heteroatoms. The standard InChI is InChI=1S/C14H16N4O3/c1-10-7-12(17-21-10)14(19)18-6-2-3-11(8-18)20-13-4-5-15-9-16-13/h4-5,7,9,11H,2-3,6,8H2,1H3/t11-/m0/s1. The average molecular weight is 288 g/mol. The zero-order valence-electron chi connectivity index (χ0n) is 11.7. The first kappa shape index (κ1) is 13.5.